The highest BCUT2D eigenvalue weighted by Crippen LogP contribution is 2.09. The molecule has 1 atom stereocenters. The first kappa shape index (κ1) is 16.4. The maximum absolute atomic E-state index is 13.0. The largest absolute Gasteiger partial charge is 0.623 e. The van der Waals surface area contributed by atoms with E-state index in [9.17, 15) is 9.60 Å². The Bertz CT molecular complexity index is 722. The summed E-state index contributed by atoms with van der Waals surface area (Å²) < 4.78 is 13.6. The van der Waals surface area contributed by atoms with Crippen LogP contribution >= 0.6 is 0 Å². The average molecular weight is 312 g/mol. The summed E-state index contributed by atoms with van der Waals surface area (Å²) in [5.41, 5.74) is 1.63. The number of hydrogen-bond acceptors (Lipinski definition) is 3. The van der Waals surface area contributed by atoms with Gasteiger partial charge in [0, 0.05) is 18.6 Å². The van der Waals surface area contributed by atoms with Crippen molar-refractivity contribution < 1.29 is 14.3 Å². The van der Waals surface area contributed by atoms with Gasteiger partial charge in [-0.2, -0.15) is 0 Å². The van der Waals surface area contributed by atoms with Crippen molar-refractivity contribution in [2.24, 2.45) is 5.16 Å². The second-order valence-electron chi connectivity index (χ2n) is 4.95. The van der Waals surface area contributed by atoms with Crippen LogP contribution in [0.5, 0.6) is 0 Å². The van der Waals surface area contributed by atoms with Gasteiger partial charge in [-0.25, -0.2) is 9.13 Å². The quantitative estimate of drug-likeness (QED) is 0.301. The van der Waals surface area contributed by atoms with Crippen LogP contribution in [0.4, 0.5) is 4.39 Å². The molecule has 2 aromatic carbocycles. The van der Waals surface area contributed by atoms with Crippen molar-refractivity contribution in [1.29, 1.82) is 0 Å². The molecule has 0 heterocycles. The lowest BCUT2D eigenvalue weighted by Crippen LogP contribution is -2.29. The molecule has 2 rings (SSSR count). The summed E-state index contributed by atoms with van der Waals surface area (Å²) in [4.78, 5) is 0. The molecule has 1 N–H and O–H groups in total. The lowest BCUT2D eigenvalue weighted by atomic mass is 10.0. The second-order valence-corrected chi connectivity index (χ2v) is 4.95. The molecule has 23 heavy (non-hydrogen) atoms. The first-order valence-corrected chi connectivity index (χ1v) is 7.11. The maximum Gasteiger partial charge on any atom is 0.206 e. The number of allylic oxidation sites excluding steroid dienone is 1. The van der Waals surface area contributed by atoms with Gasteiger partial charge in [0.25, 0.3) is 0 Å². The molecule has 0 saturated heterocycles. The van der Waals surface area contributed by atoms with E-state index < -0.39 is 11.9 Å². The van der Waals surface area contributed by atoms with E-state index in [1.165, 1.54) is 30.5 Å². The zero-order valence-corrected chi connectivity index (χ0v) is 12.6. The molecule has 0 aromatic heterocycles. The van der Waals surface area contributed by atoms with Crippen LogP contribution in [0.2, 0.25) is 0 Å². The molecule has 118 valence electrons. The smallest absolute Gasteiger partial charge is 0.206 e. The third-order valence-corrected chi connectivity index (χ3v) is 3.35. The van der Waals surface area contributed by atoms with Gasteiger partial charge in [-0.3, -0.25) is 0 Å². The summed E-state index contributed by atoms with van der Waals surface area (Å²) in [6, 6.07) is 14.3. The van der Waals surface area contributed by atoms with Gasteiger partial charge in [0.05, 0.1) is 0 Å². The van der Waals surface area contributed by atoms with Crippen LogP contribution < -0.4 is 0 Å². The van der Waals surface area contributed by atoms with Crippen LogP contribution in [-0.4, -0.2) is 27.9 Å². The predicted octanol–water partition coefficient (Wildman–Crippen LogP) is 3.69. The Morgan fingerprint density at radius 2 is 1.83 bits per heavy atom. The molecule has 0 aliphatic rings. The second kappa shape index (κ2) is 7.89. The normalized spacial score (nSPS) is 14.2. The Kier molecular flexibility index (Phi) is 5.63. The first-order chi connectivity index (χ1) is 11.1. The van der Waals surface area contributed by atoms with Crippen LogP contribution in [0.25, 0.3) is 6.08 Å². The number of rotatable bonds is 5. The summed E-state index contributed by atoms with van der Waals surface area (Å²) in [6.45, 7) is 1.61. The molecular formula is C18H17FN2O2. The molecule has 0 unspecified atom stereocenters. The van der Waals surface area contributed by atoms with Crippen molar-refractivity contribution in [2.45, 2.75) is 13.0 Å². The molecule has 2 aromatic rings. The van der Waals surface area contributed by atoms with Gasteiger partial charge in [0.1, 0.15) is 5.82 Å². The minimum absolute atomic E-state index is 0.171. The summed E-state index contributed by atoms with van der Waals surface area (Å²) in [6.07, 6.45) is 4.77. The van der Waals surface area contributed by atoms with Gasteiger partial charge in [0.15, 0.2) is 11.9 Å². The Balaban J connectivity index is 2.13. The van der Waals surface area contributed by atoms with Gasteiger partial charge in [-0.15, -0.1) is 0 Å². The van der Waals surface area contributed by atoms with Crippen molar-refractivity contribution in [1.82, 2.24) is 0 Å². The molecule has 5 heteroatoms. The molecule has 0 amide bonds. The third-order valence-electron chi connectivity index (χ3n) is 3.35. The standard InChI is InChI=1S/C18H17FN2O2/c1-14(18(20-22)16-9-11-17(19)12-10-16)21(23)13-5-8-15-6-3-2-4-7-15/h2-14,22H,1H3/b8-5+,20-18+,21-13-/t14-/m1/s1. The van der Waals surface area contributed by atoms with E-state index in [1.807, 2.05) is 30.3 Å². The van der Waals surface area contributed by atoms with E-state index in [-0.39, 0.29) is 5.71 Å². The highest BCUT2D eigenvalue weighted by atomic mass is 19.1. The molecular weight excluding hydrogens is 295 g/mol. The first-order valence-electron chi connectivity index (χ1n) is 7.11. The predicted molar refractivity (Wildman–Crippen MR) is 89.4 cm³/mol. The van der Waals surface area contributed by atoms with Crippen molar-refractivity contribution in [3.05, 3.63) is 82.8 Å². The van der Waals surface area contributed by atoms with Gasteiger partial charge in [0.2, 0.25) is 6.04 Å². The monoisotopic (exact) mass is 312 g/mol. The van der Waals surface area contributed by atoms with Crippen molar-refractivity contribution >= 4 is 18.0 Å². The van der Waals surface area contributed by atoms with Crippen molar-refractivity contribution in [2.75, 3.05) is 0 Å². The summed E-state index contributed by atoms with van der Waals surface area (Å²) in [7, 11) is 0. The highest BCUT2D eigenvalue weighted by Gasteiger charge is 2.20. The summed E-state index contributed by atoms with van der Waals surface area (Å²) in [5, 5.41) is 24.5. The minimum Gasteiger partial charge on any atom is -0.623 e. The lowest BCUT2D eigenvalue weighted by Gasteiger charge is -2.13. The van der Waals surface area contributed by atoms with Crippen LogP contribution in [0.1, 0.15) is 18.1 Å². The number of hydrogen-bond donors (Lipinski definition) is 1. The average Bonchev–Trinajstić information content (AvgIpc) is 2.58. The minimum atomic E-state index is -0.717. The fourth-order valence-corrected chi connectivity index (χ4v) is 2.06. The maximum atomic E-state index is 13.0. The molecule has 0 saturated carbocycles. The number of hydroxylamine groups is 1. The number of oxime groups is 1. The van der Waals surface area contributed by atoms with Crippen LogP contribution in [0, 0.1) is 11.0 Å². The van der Waals surface area contributed by atoms with E-state index in [2.05, 4.69) is 5.16 Å². The molecule has 0 fully saturated rings. The van der Waals surface area contributed by atoms with E-state index in [4.69, 9.17) is 5.21 Å². The molecule has 0 aliphatic heterocycles. The van der Waals surface area contributed by atoms with E-state index in [0.717, 1.165) is 5.56 Å². The van der Waals surface area contributed by atoms with Crippen molar-refractivity contribution in [3.8, 4) is 0 Å². The van der Waals surface area contributed by atoms with Gasteiger partial charge >= 0.3 is 0 Å². The zero-order valence-electron chi connectivity index (χ0n) is 12.6. The van der Waals surface area contributed by atoms with Gasteiger partial charge < -0.3 is 10.4 Å². The van der Waals surface area contributed by atoms with Crippen LogP contribution in [0.3, 0.4) is 0 Å². The SMILES string of the molecule is C[C@H](/C(=N\O)c1ccc(F)cc1)/[N+]([O-])=C/C=C/c1ccccc1. The topological polar surface area (TPSA) is 58.7 Å². The number of benzene rings is 2. The Hall–Kier alpha value is -2.95. The fraction of sp³-hybridized carbons (Fsp3) is 0.111. The van der Waals surface area contributed by atoms with Crippen molar-refractivity contribution in [3.63, 3.8) is 0 Å². The molecule has 0 spiro atoms. The van der Waals surface area contributed by atoms with Crippen LogP contribution in [-0.2, 0) is 0 Å². The Morgan fingerprint density at radius 3 is 2.43 bits per heavy atom. The molecule has 0 bridgehead atoms. The molecule has 0 radical (unpaired) electrons. The summed E-state index contributed by atoms with van der Waals surface area (Å²) >= 11 is 0. The van der Waals surface area contributed by atoms with Gasteiger partial charge in [-0.05, 0) is 35.9 Å². The van der Waals surface area contributed by atoms with Crippen LogP contribution in [0.15, 0.2) is 65.8 Å². The highest BCUT2D eigenvalue weighted by molar-refractivity contribution is 6.03. The zero-order chi connectivity index (χ0) is 16.7. The fourth-order valence-electron chi connectivity index (χ4n) is 2.06. The summed E-state index contributed by atoms with van der Waals surface area (Å²) in [5.74, 6) is -0.393. The number of nitrogens with zero attached hydrogens (tertiary/aromatic N) is 2. The third kappa shape index (κ3) is 4.51. The van der Waals surface area contributed by atoms with E-state index in [1.54, 1.807) is 19.1 Å². The van der Waals surface area contributed by atoms with E-state index in [0.29, 0.717) is 10.3 Å². The van der Waals surface area contributed by atoms with E-state index >= 15 is 0 Å². The number of halogens is 1. The Morgan fingerprint density at radius 1 is 1.17 bits per heavy atom. The molecule has 4 nitrogen and oxygen atoms in total. The lowest BCUT2D eigenvalue weighted by molar-refractivity contribution is -0.471. The molecule has 0 aliphatic carbocycles. The van der Waals surface area contributed by atoms with Gasteiger partial charge in [-0.1, -0.05) is 35.5 Å². The Labute approximate surface area is 134 Å².